The van der Waals surface area contributed by atoms with E-state index in [0.29, 0.717) is 24.9 Å². The summed E-state index contributed by atoms with van der Waals surface area (Å²) in [5.41, 5.74) is 7.26. The van der Waals surface area contributed by atoms with Crippen molar-refractivity contribution < 1.29 is 9.13 Å². The van der Waals surface area contributed by atoms with E-state index in [9.17, 15) is 4.39 Å². The third-order valence-corrected chi connectivity index (χ3v) is 3.73. The summed E-state index contributed by atoms with van der Waals surface area (Å²) in [6.45, 7) is 7.39. The first-order valence-electron chi connectivity index (χ1n) is 7.35. The van der Waals surface area contributed by atoms with Crippen molar-refractivity contribution in [3.05, 3.63) is 29.6 Å². The second-order valence-corrected chi connectivity index (χ2v) is 5.16. The van der Waals surface area contributed by atoms with Crippen LogP contribution < -0.4 is 10.6 Å². The molecule has 1 aromatic carbocycles. The summed E-state index contributed by atoms with van der Waals surface area (Å²) in [5, 5.41) is 0. The minimum absolute atomic E-state index is 0.154. The van der Waals surface area contributed by atoms with Crippen LogP contribution >= 0.6 is 0 Å². The van der Waals surface area contributed by atoms with Gasteiger partial charge >= 0.3 is 0 Å². The fourth-order valence-corrected chi connectivity index (χ4v) is 2.46. The molecule has 0 radical (unpaired) electrons. The number of nitrogens with two attached hydrogens (primary N) is 1. The molecular formula is C16H27FN2O. The van der Waals surface area contributed by atoms with Gasteiger partial charge in [0.1, 0.15) is 5.82 Å². The molecule has 0 aliphatic heterocycles. The highest BCUT2D eigenvalue weighted by molar-refractivity contribution is 5.50. The van der Waals surface area contributed by atoms with Gasteiger partial charge in [-0.15, -0.1) is 0 Å². The number of ether oxygens (including phenoxy) is 1. The van der Waals surface area contributed by atoms with E-state index in [4.69, 9.17) is 10.5 Å². The normalized spacial score (nSPS) is 12.8. The molecule has 1 atom stereocenters. The third kappa shape index (κ3) is 4.18. The van der Waals surface area contributed by atoms with Gasteiger partial charge in [-0.2, -0.15) is 0 Å². The van der Waals surface area contributed by atoms with Crippen molar-refractivity contribution in [2.45, 2.75) is 45.7 Å². The zero-order chi connectivity index (χ0) is 15.1. The molecule has 2 N–H and O–H groups in total. The Kier molecular flexibility index (Phi) is 6.96. The van der Waals surface area contributed by atoms with Gasteiger partial charge in [-0.05, 0) is 37.5 Å². The molecule has 3 nitrogen and oxygen atoms in total. The molecule has 0 saturated heterocycles. The van der Waals surface area contributed by atoms with Crippen molar-refractivity contribution >= 4 is 5.69 Å². The van der Waals surface area contributed by atoms with Crippen molar-refractivity contribution in [3.63, 3.8) is 0 Å². The molecule has 20 heavy (non-hydrogen) atoms. The Balaban J connectivity index is 3.06. The number of hydrogen-bond acceptors (Lipinski definition) is 3. The van der Waals surface area contributed by atoms with E-state index in [0.717, 1.165) is 18.4 Å². The van der Waals surface area contributed by atoms with E-state index in [1.54, 1.807) is 13.2 Å². The number of nitrogens with zero attached hydrogens (tertiary/aromatic N) is 1. The molecule has 0 heterocycles. The van der Waals surface area contributed by atoms with Crippen molar-refractivity contribution in [2.75, 3.05) is 25.2 Å². The zero-order valence-corrected chi connectivity index (χ0v) is 13.0. The molecule has 0 saturated carbocycles. The number of hydrogen-bond donors (Lipinski definition) is 1. The first-order valence-corrected chi connectivity index (χ1v) is 7.35. The molecule has 0 aliphatic rings. The van der Waals surface area contributed by atoms with Crippen LogP contribution in [0.2, 0.25) is 0 Å². The van der Waals surface area contributed by atoms with Crippen molar-refractivity contribution in [1.82, 2.24) is 0 Å². The summed E-state index contributed by atoms with van der Waals surface area (Å²) >= 11 is 0. The Morgan fingerprint density at radius 3 is 2.40 bits per heavy atom. The van der Waals surface area contributed by atoms with Crippen molar-refractivity contribution in [2.24, 2.45) is 5.73 Å². The molecule has 0 amide bonds. The molecule has 0 spiro atoms. The van der Waals surface area contributed by atoms with Gasteiger partial charge in [-0.1, -0.05) is 19.9 Å². The fraction of sp³-hybridized carbons (Fsp3) is 0.625. The van der Waals surface area contributed by atoms with Gasteiger partial charge in [0.25, 0.3) is 0 Å². The predicted octanol–water partition coefficient (Wildman–Crippen LogP) is 3.49. The van der Waals surface area contributed by atoms with Crippen LogP contribution in [-0.2, 0) is 4.74 Å². The summed E-state index contributed by atoms with van der Waals surface area (Å²) < 4.78 is 19.5. The molecular weight excluding hydrogens is 255 g/mol. The minimum Gasteiger partial charge on any atom is -0.383 e. The van der Waals surface area contributed by atoms with Gasteiger partial charge in [0, 0.05) is 25.7 Å². The lowest BCUT2D eigenvalue weighted by Gasteiger charge is -2.33. The summed E-state index contributed by atoms with van der Waals surface area (Å²) in [6, 6.07) is 5.45. The maximum atomic E-state index is 14.4. The van der Waals surface area contributed by atoms with Crippen LogP contribution in [0.15, 0.2) is 18.2 Å². The highest BCUT2D eigenvalue weighted by atomic mass is 19.1. The van der Waals surface area contributed by atoms with Gasteiger partial charge in [0.2, 0.25) is 0 Å². The van der Waals surface area contributed by atoms with Crippen molar-refractivity contribution in [1.29, 1.82) is 0 Å². The molecule has 114 valence electrons. The van der Waals surface area contributed by atoms with Crippen LogP contribution in [0.25, 0.3) is 0 Å². The SMILES string of the molecule is CCC(CC)N(CCOC)c1ccc([C@H](C)N)cc1F. The second-order valence-electron chi connectivity index (χ2n) is 5.16. The Bertz CT molecular complexity index is 405. The van der Waals surface area contributed by atoms with Gasteiger partial charge < -0.3 is 15.4 Å². The quantitative estimate of drug-likeness (QED) is 0.793. The molecule has 4 heteroatoms. The molecule has 0 aliphatic carbocycles. The third-order valence-electron chi connectivity index (χ3n) is 3.73. The Morgan fingerprint density at radius 2 is 1.95 bits per heavy atom. The van der Waals surface area contributed by atoms with Crippen LogP contribution in [0.5, 0.6) is 0 Å². The lowest BCUT2D eigenvalue weighted by Crippen LogP contribution is -2.37. The molecule has 0 bridgehead atoms. The standard InChI is InChI=1S/C16H27FN2O/c1-5-14(6-2)19(9-10-20-4)16-8-7-13(12(3)18)11-15(16)17/h7-8,11-12,14H,5-6,9-10,18H2,1-4H3/t12-/m0/s1. The van der Waals surface area contributed by atoms with Crippen molar-refractivity contribution in [3.8, 4) is 0 Å². The molecule has 1 aromatic rings. The Hall–Kier alpha value is -1.13. The van der Waals surface area contributed by atoms with Gasteiger partial charge in [0.05, 0.1) is 12.3 Å². The van der Waals surface area contributed by atoms with E-state index in [-0.39, 0.29) is 11.9 Å². The topological polar surface area (TPSA) is 38.5 Å². The van der Waals surface area contributed by atoms with Crippen LogP contribution in [0, 0.1) is 5.82 Å². The number of benzene rings is 1. The van der Waals surface area contributed by atoms with Gasteiger partial charge in [-0.25, -0.2) is 4.39 Å². The highest BCUT2D eigenvalue weighted by Gasteiger charge is 2.19. The number of halogens is 1. The van der Waals surface area contributed by atoms with Crippen LogP contribution in [0.3, 0.4) is 0 Å². The van der Waals surface area contributed by atoms with Crippen LogP contribution in [0.4, 0.5) is 10.1 Å². The van der Waals surface area contributed by atoms with Crippen LogP contribution in [-0.4, -0.2) is 26.3 Å². The highest BCUT2D eigenvalue weighted by Crippen LogP contribution is 2.26. The van der Waals surface area contributed by atoms with E-state index in [2.05, 4.69) is 18.7 Å². The number of methoxy groups -OCH3 is 1. The lowest BCUT2D eigenvalue weighted by molar-refractivity contribution is 0.202. The molecule has 0 aromatic heterocycles. The molecule has 0 unspecified atom stereocenters. The lowest BCUT2D eigenvalue weighted by atomic mass is 10.1. The zero-order valence-electron chi connectivity index (χ0n) is 13.0. The molecule has 1 rings (SSSR count). The van der Waals surface area contributed by atoms with E-state index >= 15 is 0 Å². The monoisotopic (exact) mass is 282 g/mol. The Morgan fingerprint density at radius 1 is 1.30 bits per heavy atom. The second kappa shape index (κ2) is 8.22. The smallest absolute Gasteiger partial charge is 0.146 e. The maximum absolute atomic E-state index is 14.4. The summed E-state index contributed by atoms with van der Waals surface area (Å²) in [6.07, 6.45) is 1.96. The first kappa shape index (κ1) is 16.9. The van der Waals surface area contributed by atoms with E-state index < -0.39 is 0 Å². The minimum atomic E-state index is -0.206. The number of anilines is 1. The van der Waals surface area contributed by atoms with Crippen LogP contribution in [0.1, 0.15) is 45.2 Å². The van der Waals surface area contributed by atoms with E-state index in [1.165, 1.54) is 0 Å². The summed E-state index contributed by atoms with van der Waals surface area (Å²) in [7, 11) is 1.67. The number of rotatable bonds is 8. The maximum Gasteiger partial charge on any atom is 0.146 e. The predicted molar refractivity (Wildman–Crippen MR) is 82.6 cm³/mol. The average molecular weight is 282 g/mol. The van der Waals surface area contributed by atoms with E-state index in [1.807, 2.05) is 19.1 Å². The largest absolute Gasteiger partial charge is 0.383 e. The first-order chi connectivity index (χ1) is 9.54. The summed E-state index contributed by atoms with van der Waals surface area (Å²) in [5.74, 6) is -0.206. The van der Waals surface area contributed by atoms with Gasteiger partial charge in [0.15, 0.2) is 0 Å². The average Bonchev–Trinajstić information content (AvgIpc) is 2.43. The molecule has 0 fully saturated rings. The Labute approximate surface area is 121 Å². The fourth-order valence-electron chi connectivity index (χ4n) is 2.46. The summed E-state index contributed by atoms with van der Waals surface area (Å²) in [4.78, 5) is 2.10. The van der Waals surface area contributed by atoms with Gasteiger partial charge in [-0.3, -0.25) is 0 Å².